The van der Waals surface area contributed by atoms with Crippen LogP contribution in [0.5, 0.6) is 0 Å². The second-order valence-corrected chi connectivity index (χ2v) is 4.12. The number of carbonyl (C=O) groups is 1. The molecule has 0 fully saturated rings. The fourth-order valence-electron chi connectivity index (χ4n) is 1.62. The first-order chi connectivity index (χ1) is 9.63. The van der Waals surface area contributed by atoms with E-state index in [1.54, 1.807) is 6.07 Å². The molecule has 0 aliphatic heterocycles. The molecule has 0 spiro atoms. The van der Waals surface area contributed by atoms with Gasteiger partial charge in [-0.25, -0.2) is 9.37 Å². The number of hydrogen-bond donors (Lipinski definition) is 2. The van der Waals surface area contributed by atoms with Crippen LogP contribution in [0.15, 0.2) is 18.2 Å². The Morgan fingerprint density at radius 2 is 2.35 bits per heavy atom. The van der Waals surface area contributed by atoms with Gasteiger partial charge in [0.25, 0.3) is 5.91 Å². The second kappa shape index (κ2) is 5.93. The molecule has 1 amide bonds. The van der Waals surface area contributed by atoms with Crippen LogP contribution >= 0.6 is 0 Å². The van der Waals surface area contributed by atoms with E-state index in [0.29, 0.717) is 17.9 Å². The number of aromatic amines is 1. The lowest BCUT2D eigenvalue weighted by Crippen LogP contribution is -2.14. The quantitative estimate of drug-likeness (QED) is 0.891. The highest BCUT2D eigenvalue weighted by Crippen LogP contribution is 2.14. The second-order valence-electron chi connectivity index (χ2n) is 4.12. The number of carbonyl (C=O) groups excluding carboxylic acids is 1. The smallest absolute Gasteiger partial charge is 0.295 e. The molecule has 0 saturated carbocycles. The van der Waals surface area contributed by atoms with E-state index >= 15 is 0 Å². The van der Waals surface area contributed by atoms with Crippen LogP contribution in [0.3, 0.4) is 0 Å². The van der Waals surface area contributed by atoms with Crippen LogP contribution < -0.4 is 5.32 Å². The highest BCUT2D eigenvalue weighted by molar-refractivity contribution is 6.01. The van der Waals surface area contributed by atoms with Gasteiger partial charge in [0.15, 0.2) is 0 Å². The van der Waals surface area contributed by atoms with Crippen molar-refractivity contribution in [1.29, 1.82) is 5.26 Å². The van der Waals surface area contributed by atoms with Crippen molar-refractivity contribution in [2.45, 2.75) is 19.8 Å². The van der Waals surface area contributed by atoms with E-state index in [9.17, 15) is 9.18 Å². The number of nitrogens with one attached hydrogen (secondary N) is 2. The highest BCUT2D eigenvalue weighted by Gasteiger charge is 2.13. The topological polar surface area (TPSA) is 94.5 Å². The monoisotopic (exact) mass is 273 g/mol. The minimum absolute atomic E-state index is 0.0104. The summed E-state index contributed by atoms with van der Waals surface area (Å²) in [5, 5.41) is 17.7. The van der Waals surface area contributed by atoms with E-state index < -0.39 is 11.7 Å². The van der Waals surface area contributed by atoms with Crippen molar-refractivity contribution in [3.05, 3.63) is 41.2 Å². The molecule has 0 atom stereocenters. The number of aryl methyl sites for hydroxylation is 1. The van der Waals surface area contributed by atoms with Gasteiger partial charge < -0.3 is 5.32 Å². The van der Waals surface area contributed by atoms with Gasteiger partial charge in [0, 0.05) is 12.1 Å². The summed E-state index contributed by atoms with van der Waals surface area (Å²) in [6.07, 6.45) is 1.59. The summed E-state index contributed by atoms with van der Waals surface area (Å²) in [4.78, 5) is 15.9. The van der Waals surface area contributed by atoms with Gasteiger partial charge in [-0.2, -0.15) is 5.26 Å². The molecule has 6 nitrogen and oxygen atoms in total. The lowest BCUT2D eigenvalue weighted by molar-refractivity contribution is 0.101. The number of amides is 1. The van der Waals surface area contributed by atoms with E-state index in [-0.39, 0.29) is 11.4 Å². The molecule has 0 aliphatic rings. The van der Waals surface area contributed by atoms with Crippen molar-refractivity contribution in [3.8, 4) is 6.07 Å². The number of nitriles is 1. The average Bonchev–Trinajstić information content (AvgIpc) is 2.90. The fraction of sp³-hybridized carbons (Fsp3) is 0.231. The van der Waals surface area contributed by atoms with E-state index in [4.69, 9.17) is 5.26 Å². The Bertz CT molecular complexity index is 674. The molecular weight excluding hydrogens is 261 g/mol. The van der Waals surface area contributed by atoms with Crippen LogP contribution in [-0.4, -0.2) is 21.1 Å². The molecule has 2 aromatic rings. The number of rotatable bonds is 4. The number of anilines is 1. The fourth-order valence-corrected chi connectivity index (χ4v) is 1.62. The van der Waals surface area contributed by atoms with Crippen molar-refractivity contribution >= 4 is 11.6 Å². The molecule has 0 bridgehead atoms. The lowest BCUT2D eigenvalue weighted by Gasteiger charge is -2.03. The Labute approximate surface area is 114 Å². The van der Waals surface area contributed by atoms with Gasteiger partial charge in [-0.1, -0.05) is 6.92 Å². The van der Waals surface area contributed by atoms with Gasteiger partial charge in [-0.05, 0) is 24.6 Å². The average molecular weight is 273 g/mol. The maximum Gasteiger partial charge on any atom is 0.295 e. The molecule has 0 radical (unpaired) electrons. The van der Waals surface area contributed by atoms with Crippen LogP contribution in [0.2, 0.25) is 0 Å². The molecular formula is C13H12FN5O. The summed E-state index contributed by atoms with van der Waals surface area (Å²) < 4.78 is 13.2. The normalized spacial score (nSPS) is 10.1. The summed E-state index contributed by atoms with van der Waals surface area (Å²) >= 11 is 0. The van der Waals surface area contributed by atoms with Gasteiger partial charge >= 0.3 is 0 Å². The predicted molar refractivity (Wildman–Crippen MR) is 69.4 cm³/mol. The largest absolute Gasteiger partial charge is 0.319 e. The van der Waals surface area contributed by atoms with Crippen LogP contribution in [-0.2, 0) is 6.42 Å². The van der Waals surface area contributed by atoms with Crippen molar-refractivity contribution in [2.75, 3.05) is 5.32 Å². The molecule has 2 N–H and O–H groups in total. The van der Waals surface area contributed by atoms with Gasteiger partial charge in [0.2, 0.25) is 5.82 Å². The third-order valence-corrected chi connectivity index (χ3v) is 2.57. The SMILES string of the molecule is CCCc1nc(C(=O)Nc2ccc(F)c(C#N)c2)n[nH]1. The van der Waals surface area contributed by atoms with E-state index in [2.05, 4.69) is 20.5 Å². The van der Waals surface area contributed by atoms with Crippen LogP contribution in [0.4, 0.5) is 10.1 Å². The van der Waals surface area contributed by atoms with Crippen LogP contribution in [0.1, 0.15) is 35.4 Å². The van der Waals surface area contributed by atoms with E-state index in [1.165, 1.54) is 12.1 Å². The first kappa shape index (κ1) is 13.7. The van der Waals surface area contributed by atoms with Crippen LogP contribution in [0, 0.1) is 17.1 Å². The van der Waals surface area contributed by atoms with E-state index in [0.717, 1.165) is 12.5 Å². The minimum atomic E-state index is -0.631. The van der Waals surface area contributed by atoms with Gasteiger partial charge in [-0.3, -0.25) is 9.89 Å². The molecule has 1 aromatic heterocycles. The first-order valence-electron chi connectivity index (χ1n) is 6.06. The van der Waals surface area contributed by atoms with Gasteiger partial charge in [0.05, 0.1) is 5.56 Å². The zero-order chi connectivity index (χ0) is 14.5. The number of nitrogens with zero attached hydrogens (tertiary/aromatic N) is 3. The Hall–Kier alpha value is -2.75. The Morgan fingerprint density at radius 3 is 3.05 bits per heavy atom. The van der Waals surface area contributed by atoms with Crippen molar-refractivity contribution in [2.24, 2.45) is 0 Å². The summed E-state index contributed by atoms with van der Waals surface area (Å²) in [6, 6.07) is 5.45. The third kappa shape index (κ3) is 2.98. The molecule has 0 aliphatic carbocycles. The third-order valence-electron chi connectivity index (χ3n) is 2.57. The minimum Gasteiger partial charge on any atom is -0.319 e. The molecule has 7 heteroatoms. The number of H-pyrrole nitrogens is 1. The van der Waals surface area contributed by atoms with Crippen LogP contribution in [0.25, 0.3) is 0 Å². The van der Waals surface area contributed by atoms with Crippen molar-refractivity contribution < 1.29 is 9.18 Å². The predicted octanol–water partition coefficient (Wildman–Crippen LogP) is 2.02. The molecule has 1 heterocycles. The number of aromatic nitrogens is 3. The maximum absolute atomic E-state index is 13.2. The standard InChI is InChI=1S/C13H12FN5O/c1-2-3-11-17-12(19-18-11)13(20)16-9-4-5-10(14)8(6-9)7-15/h4-6H,2-3H2,1H3,(H,16,20)(H,17,18,19). The van der Waals surface area contributed by atoms with Gasteiger partial charge in [-0.15, -0.1) is 5.10 Å². The zero-order valence-electron chi connectivity index (χ0n) is 10.8. The number of hydrogen-bond acceptors (Lipinski definition) is 4. The van der Waals surface area contributed by atoms with Crippen molar-refractivity contribution in [1.82, 2.24) is 15.2 Å². The first-order valence-corrected chi connectivity index (χ1v) is 6.06. The number of halogens is 1. The summed E-state index contributed by atoms with van der Waals surface area (Å²) in [6.45, 7) is 1.99. The summed E-state index contributed by atoms with van der Waals surface area (Å²) in [5.74, 6) is -0.501. The molecule has 1 aromatic carbocycles. The molecule has 0 unspecified atom stereocenters. The molecule has 102 valence electrons. The lowest BCUT2D eigenvalue weighted by atomic mass is 10.2. The molecule has 20 heavy (non-hydrogen) atoms. The van der Waals surface area contributed by atoms with E-state index in [1.807, 2.05) is 6.92 Å². The Kier molecular flexibility index (Phi) is 4.05. The Morgan fingerprint density at radius 1 is 1.55 bits per heavy atom. The van der Waals surface area contributed by atoms with Gasteiger partial charge in [0.1, 0.15) is 17.7 Å². The molecule has 0 saturated heterocycles. The molecule has 2 rings (SSSR count). The summed E-state index contributed by atoms with van der Waals surface area (Å²) in [7, 11) is 0. The zero-order valence-corrected chi connectivity index (χ0v) is 10.8. The maximum atomic E-state index is 13.2. The Balaban J connectivity index is 2.13. The summed E-state index contributed by atoms with van der Waals surface area (Å²) in [5.41, 5.74) is 0.180. The van der Waals surface area contributed by atoms with Crippen molar-refractivity contribution in [3.63, 3.8) is 0 Å². The number of benzene rings is 1. The highest BCUT2D eigenvalue weighted by atomic mass is 19.1.